The number of ketones is 2. The summed E-state index contributed by atoms with van der Waals surface area (Å²) in [6.45, 7) is 5.22. The third-order valence-electron chi connectivity index (χ3n) is 10.5. The van der Waals surface area contributed by atoms with E-state index in [1.807, 2.05) is 6.92 Å². The SMILES string of the molecule is C[C@]12CC[C@@H](O)C[C@H]1CC[C@@H]1[C@@H]2C(=O)C[C@@]2(C)[C@H]1CC[C@]2(O)C(=O)CO.Cc1cc(=O)n2[nH]cnc2n1. The van der Waals surface area contributed by atoms with Crippen molar-refractivity contribution in [3.05, 3.63) is 28.4 Å². The van der Waals surface area contributed by atoms with Gasteiger partial charge in [0.2, 0.25) is 0 Å². The number of H-pyrrole nitrogens is 1. The number of carbonyl (C=O) groups is 2. The number of aromatic nitrogens is 4. The first-order valence-electron chi connectivity index (χ1n) is 13.4. The largest absolute Gasteiger partial charge is 0.393 e. The maximum atomic E-state index is 13.4. The summed E-state index contributed by atoms with van der Waals surface area (Å²) in [5.74, 6) is 0.792. The van der Waals surface area contributed by atoms with Gasteiger partial charge in [-0.3, -0.25) is 19.5 Å². The molecule has 10 heteroatoms. The summed E-state index contributed by atoms with van der Waals surface area (Å²) in [7, 11) is 0. The Labute approximate surface area is 215 Å². The standard InChI is InChI=1S/C21H32O5.C6H6N4O/c1-19-7-5-13(23)9-12(19)3-4-14-15-6-8-21(26,17(25)11-22)20(15,2)10-16(24)18(14)19;1-4-2-5(11)10-6(9-4)7-3-8-10/h12-15,18,22-23,26H,3-11H2,1-2H3;2-3H,1H3,(H,7,8,9)/t12-,13-,14+,15+,18-,19+,20+,21+;/m1./s1. The Kier molecular flexibility index (Phi) is 6.44. The van der Waals surface area contributed by atoms with Crippen molar-refractivity contribution in [1.29, 1.82) is 0 Å². The number of fused-ring (bicyclic) bond motifs is 6. The second-order valence-corrected chi connectivity index (χ2v) is 12.3. The molecule has 4 N–H and O–H groups in total. The molecule has 2 heterocycles. The Morgan fingerprint density at radius 2 is 1.95 bits per heavy atom. The predicted molar refractivity (Wildman–Crippen MR) is 134 cm³/mol. The van der Waals surface area contributed by atoms with Gasteiger partial charge in [0, 0.05) is 29.5 Å². The zero-order chi connectivity index (χ0) is 26.8. The highest BCUT2D eigenvalue weighted by molar-refractivity contribution is 5.92. The van der Waals surface area contributed by atoms with Gasteiger partial charge in [0.1, 0.15) is 24.3 Å². The number of nitrogens with zero attached hydrogens (tertiary/aromatic N) is 3. The lowest BCUT2D eigenvalue weighted by Gasteiger charge is -2.60. The van der Waals surface area contributed by atoms with E-state index >= 15 is 0 Å². The second kappa shape index (κ2) is 9.10. The van der Waals surface area contributed by atoms with Crippen LogP contribution in [-0.4, -0.2) is 64.8 Å². The molecule has 202 valence electrons. The molecule has 0 spiro atoms. The summed E-state index contributed by atoms with van der Waals surface area (Å²) in [4.78, 5) is 44.7. The molecule has 0 aliphatic heterocycles. The third kappa shape index (κ3) is 3.90. The van der Waals surface area contributed by atoms with Gasteiger partial charge >= 0.3 is 0 Å². The number of hydrogen-bond acceptors (Lipinski definition) is 8. The number of rotatable bonds is 2. The van der Waals surface area contributed by atoms with E-state index in [0.717, 1.165) is 38.5 Å². The van der Waals surface area contributed by atoms with Crippen LogP contribution in [0.15, 0.2) is 17.2 Å². The van der Waals surface area contributed by atoms with Crippen molar-refractivity contribution in [3.8, 4) is 0 Å². The van der Waals surface area contributed by atoms with Crippen LogP contribution in [0, 0.1) is 41.4 Å². The minimum atomic E-state index is -1.58. The first-order valence-corrected chi connectivity index (χ1v) is 13.4. The molecule has 8 atom stereocenters. The van der Waals surface area contributed by atoms with Crippen LogP contribution in [0.4, 0.5) is 0 Å². The Balaban J connectivity index is 0.000000212. The van der Waals surface area contributed by atoms with Crippen LogP contribution in [0.3, 0.4) is 0 Å². The zero-order valence-corrected chi connectivity index (χ0v) is 21.8. The summed E-state index contributed by atoms with van der Waals surface area (Å²) >= 11 is 0. The van der Waals surface area contributed by atoms with Gasteiger partial charge in [-0.05, 0) is 75.0 Å². The summed E-state index contributed by atoms with van der Waals surface area (Å²) in [5, 5.41) is 33.3. The summed E-state index contributed by atoms with van der Waals surface area (Å²) in [6.07, 6.45) is 6.91. The van der Waals surface area contributed by atoms with E-state index in [9.17, 15) is 29.7 Å². The number of nitrogens with one attached hydrogen (secondary N) is 1. The smallest absolute Gasteiger partial charge is 0.274 e. The van der Waals surface area contributed by atoms with Crippen LogP contribution in [0.25, 0.3) is 5.78 Å². The fraction of sp³-hybridized carbons (Fsp3) is 0.741. The Bertz CT molecular complexity index is 1270. The highest BCUT2D eigenvalue weighted by Gasteiger charge is 2.68. The molecule has 2 aromatic rings. The number of Topliss-reactive ketones (excluding diaryl/α,β-unsaturated/α-hetero) is 2. The van der Waals surface area contributed by atoms with Gasteiger partial charge in [0.25, 0.3) is 11.3 Å². The fourth-order valence-electron chi connectivity index (χ4n) is 8.58. The molecule has 0 amide bonds. The van der Waals surface area contributed by atoms with Gasteiger partial charge in [-0.1, -0.05) is 13.8 Å². The zero-order valence-electron chi connectivity index (χ0n) is 21.8. The highest BCUT2D eigenvalue weighted by Crippen LogP contribution is 2.67. The number of aliphatic hydroxyl groups is 3. The van der Waals surface area contributed by atoms with Crippen LogP contribution < -0.4 is 5.56 Å². The predicted octanol–water partition coefficient (Wildman–Crippen LogP) is 1.59. The molecule has 0 saturated heterocycles. The van der Waals surface area contributed by atoms with Crippen molar-refractivity contribution in [3.63, 3.8) is 0 Å². The lowest BCUT2D eigenvalue weighted by molar-refractivity contribution is -0.180. The second-order valence-electron chi connectivity index (χ2n) is 12.3. The minimum absolute atomic E-state index is 0.0154. The van der Waals surface area contributed by atoms with Crippen molar-refractivity contribution in [1.82, 2.24) is 19.6 Å². The van der Waals surface area contributed by atoms with Crippen LogP contribution >= 0.6 is 0 Å². The normalized spacial score (nSPS) is 40.8. The number of hydrogen-bond donors (Lipinski definition) is 4. The van der Waals surface area contributed by atoms with Crippen molar-refractivity contribution in [2.45, 2.75) is 83.8 Å². The summed E-state index contributed by atoms with van der Waals surface area (Å²) in [5.41, 5.74) is -1.86. The van der Waals surface area contributed by atoms with Crippen LogP contribution in [0.1, 0.15) is 70.9 Å². The lowest BCUT2D eigenvalue weighted by atomic mass is 9.44. The molecule has 37 heavy (non-hydrogen) atoms. The first-order chi connectivity index (χ1) is 17.4. The molecular formula is C27H38N4O6. The molecular weight excluding hydrogens is 476 g/mol. The van der Waals surface area contributed by atoms with Gasteiger partial charge in [0.15, 0.2) is 5.78 Å². The molecule has 0 unspecified atom stereocenters. The molecule has 0 radical (unpaired) electrons. The van der Waals surface area contributed by atoms with E-state index in [2.05, 4.69) is 22.0 Å². The van der Waals surface area contributed by atoms with E-state index in [4.69, 9.17) is 0 Å². The highest BCUT2D eigenvalue weighted by atomic mass is 16.3. The van der Waals surface area contributed by atoms with Gasteiger partial charge in [-0.15, -0.1) is 0 Å². The van der Waals surface area contributed by atoms with Crippen LogP contribution in [-0.2, 0) is 9.59 Å². The van der Waals surface area contributed by atoms with E-state index in [1.165, 1.54) is 16.9 Å². The van der Waals surface area contributed by atoms with Crippen molar-refractivity contribution >= 4 is 17.3 Å². The average Bonchev–Trinajstić information content (AvgIpc) is 3.42. The molecule has 4 aliphatic rings. The molecule has 10 nitrogen and oxygen atoms in total. The van der Waals surface area contributed by atoms with Crippen molar-refractivity contribution < 1.29 is 24.9 Å². The number of carbonyl (C=O) groups excluding carboxylic acids is 2. The summed E-state index contributed by atoms with van der Waals surface area (Å²) in [6, 6.07) is 1.45. The maximum absolute atomic E-state index is 13.4. The monoisotopic (exact) mass is 514 g/mol. The van der Waals surface area contributed by atoms with Crippen molar-refractivity contribution in [2.75, 3.05) is 6.61 Å². The van der Waals surface area contributed by atoms with Crippen molar-refractivity contribution in [2.24, 2.45) is 34.5 Å². The maximum Gasteiger partial charge on any atom is 0.274 e. The van der Waals surface area contributed by atoms with E-state index < -0.39 is 23.4 Å². The topological polar surface area (TPSA) is 158 Å². The Hall–Kier alpha value is -2.43. The molecule has 4 aliphatic carbocycles. The van der Waals surface area contributed by atoms with Gasteiger partial charge in [0.05, 0.1) is 6.10 Å². The molecule has 0 bridgehead atoms. The van der Waals surface area contributed by atoms with Gasteiger partial charge in [-0.2, -0.15) is 4.52 Å². The van der Waals surface area contributed by atoms with Crippen LogP contribution in [0.5, 0.6) is 0 Å². The molecule has 4 fully saturated rings. The van der Waals surface area contributed by atoms with E-state index in [1.54, 1.807) is 6.92 Å². The molecule has 2 aromatic heterocycles. The molecule has 6 rings (SSSR count). The number of aromatic amines is 1. The Morgan fingerprint density at radius 3 is 2.68 bits per heavy atom. The summed E-state index contributed by atoms with van der Waals surface area (Å²) < 4.78 is 1.28. The fourth-order valence-corrected chi connectivity index (χ4v) is 8.58. The molecule has 4 saturated carbocycles. The quantitative estimate of drug-likeness (QED) is 0.470. The van der Waals surface area contributed by atoms with E-state index in [-0.39, 0.29) is 47.0 Å². The molecule has 0 aromatic carbocycles. The average molecular weight is 515 g/mol. The number of aryl methyl sites for hydroxylation is 1. The minimum Gasteiger partial charge on any atom is -0.393 e. The van der Waals surface area contributed by atoms with Crippen LogP contribution in [0.2, 0.25) is 0 Å². The first kappa shape index (κ1) is 26.2. The Morgan fingerprint density at radius 1 is 1.19 bits per heavy atom. The number of aliphatic hydroxyl groups excluding tert-OH is 2. The van der Waals surface area contributed by atoms with Gasteiger partial charge in [-0.25, -0.2) is 9.97 Å². The van der Waals surface area contributed by atoms with Gasteiger partial charge < -0.3 is 15.3 Å². The third-order valence-corrected chi connectivity index (χ3v) is 10.5. The lowest BCUT2D eigenvalue weighted by Crippen LogP contribution is -2.62. The van der Waals surface area contributed by atoms with E-state index in [0.29, 0.717) is 23.8 Å².